The van der Waals surface area contributed by atoms with E-state index in [4.69, 9.17) is 0 Å². The predicted molar refractivity (Wildman–Crippen MR) is 99.6 cm³/mol. The summed E-state index contributed by atoms with van der Waals surface area (Å²) < 4.78 is 13.1. The van der Waals surface area contributed by atoms with Crippen molar-refractivity contribution >= 4 is 18.0 Å². The van der Waals surface area contributed by atoms with Gasteiger partial charge in [-0.05, 0) is 34.7 Å². The summed E-state index contributed by atoms with van der Waals surface area (Å²) in [6.45, 7) is 6.15. The molecule has 0 aliphatic carbocycles. The van der Waals surface area contributed by atoms with Gasteiger partial charge in [0.25, 0.3) is 11.8 Å². The molecule has 2 amide bonds. The van der Waals surface area contributed by atoms with Crippen molar-refractivity contribution < 1.29 is 14.0 Å². The fourth-order valence-electron chi connectivity index (χ4n) is 2.18. The first-order valence-electron chi connectivity index (χ1n) is 8.22. The predicted octanol–water partition coefficient (Wildman–Crippen LogP) is 3.00. The van der Waals surface area contributed by atoms with Crippen LogP contribution in [0.2, 0.25) is 0 Å². The zero-order valence-electron chi connectivity index (χ0n) is 15.0. The lowest BCUT2D eigenvalue weighted by Crippen LogP contribution is -2.34. The van der Waals surface area contributed by atoms with Crippen molar-refractivity contribution in [3.8, 4) is 0 Å². The fourth-order valence-corrected chi connectivity index (χ4v) is 2.18. The second kappa shape index (κ2) is 8.38. The number of carbonyl (C=O) groups excluding carboxylic acids is 2. The van der Waals surface area contributed by atoms with Crippen LogP contribution < -0.4 is 10.7 Å². The van der Waals surface area contributed by atoms with Gasteiger partial charge in [-0.25, -0.2) is 9.82 Å². The van der Waals surface area contributed by atoms with Crippen LogP contribution in [0.1, 0.15) is 42.3 Å². The summed E-state index contributed by atoms with van der Waals surface area (Å²) in [5.41, 5.74) is 4.62. The second-order valence-electron chi connectivity index (χ2n) is 6.86. The van der Waals surface area contributed by atoms with E-state index in [2.05, 4.69) is 36.6 Å². The minimum Gasteiger partial charge on any atom is -0.343 e. The first-order valence-corrected chi connectivity index (χ1v) is 8.22. The van der Waals surface area contributed by atoms with Crippen LogP contribution in [0, 0.1) is 5.82 Å². The van der Waals surface area contributed by atoms with Gasteiger partial charge in [-0.1, -0.05) is 51.1 Å². The third kappa shape index (κ3) is 5.81. The number of nitrogens with one attached hydrogen (secondary N) is 2. The third-order valence-corrected chi connectivity index (χ3v) is 3.68. The normalized spacial score (nSPS) is 11.4. The molecule has 0 radical (unpaired) electrons. The smallest absolute Gasteiger partial charge is 0.259 e. The maximum atomic E-state index is 13.1. The van der Waals surface area contributed by atoms with Crippen molar-refractivity contribution in [1.82, 2.24) is 10.7 Å². The van der Waals surface area contributed by atoms with E-state index < -0.39 is 17.6 Å². The summed E-state index contributed by atoms with van der Waals surface area (Å²) in [5, 5.41) is 6.27. The highest BCUT2D eigenvalue weighted by Gasteiger charge is 2.12. The van der Waals surface area contributed by atoms with E-state index in [9.17, 15) is 14.0 Å². The summed E-state index contributed by atoms with van der Waals surface area (Å²) in [6, 6.07) is 13.1. The maximum absolute atomic E-state index is 13.1. The fraction of sp³-hybridized carbons (Fsp3) is 0.250. The number of hydrogen-bond donors (Lipinski definition) is 2. The summed E-state index contributed by atoms with van der Waals surface area (Å²) in [7, 11) is 0. The molecule has 0 fully saturated rings. The first-order chi connectivity index (χ1) is 12.3. The molecule has 0 aromatic heterocycles. The van der Waals surface area contributed by atoms with E-state index in [1.54, 1.807) is 0 Å². The van der Waals surface area contributed by atoms with Gasteiger partial charge >= 0.3 is 0 Å². The topological polar surface area (TPSA) is 70.6 Å². The van der Waals surface area contributed by atoms with Gasteiger partial charge in [0.05, 0.1) is 12.8 Å². The Balaban J connectivity index is 1.81. The lowest BCUT2D eigenvalue weighted by Gasteiger charge is -2.18. The highest BCUT2D eigenvalue weighted by atomic mass is 19.1. The van der Waals surface area contributed by atoms with E-state index >= 15 is 0 Å². The van der Waals surface area contributed by atoms with Crippen LogP contribution in [0.4, 0.5) is 4.39 Å². The number of carbonyl (C=O) groups is 2. The molecular weight excluding hydrogens is 333 g/mol. The molecule has 0 saturated heterocycles. The summed E-state index contributed by atoms with van der Waals surface area (Å²) in [5.74, 6) is -1.51. The monoisotopic (exact) mass is 355 g/mol. The molecule has 0 aliphatic rings. The lowest BCUT2D eigenvalue weighted by atomic mass is 9.87. The van der Waals surface area contributed by atoms with Gasteiger partial charge in [0.15, 0.2) is 0 Å². The van der Waals surface area contributed by atoms with Crippen molar-refractivity contribution in [1.29, 1.82) is 0 Å². The van der Waals surface area contributed by atoms with Crippen LogP contribution >= 0.6 is 0 Å². The van der Waals surface area contributed by atoms with Crippen LogP contribution in [0.25, 0.3) is 0 Å². The van der Waals surface area contributed by atoms with Crippen molar-refractivity contribution in [3.05, 3.63) is 71.0 Å². The molecular formula is C20H22FN3O2. The van der Waals surface area contributed by atoms with Crippen molar-refractivity contribution in [3.63, 3.8) is 0 Å². The number of hydrogen-bond acceptors (Lipinski definition) is 3. The summed E-state index contributed by atoms with van der Waals surface area (Å²) in [6.07, 6.45) is 1.53. The molecule has 0 aliphatic heterocycles. The first kappa shape index (κ1) is 19.3. The van der Waals surface area contributed by atoms with E-state index in [-0.39, 0.29) is 17.5 Å². The van der Waals surface area contributed by atoms with Crippen LogP contribution in [0.15, 0.2) is 53.6 Å². The van der Waals surface area contributed by atoms with Gasteiger partial charge in [-0.3, -0.25) is 9.59 Å². The molecule has 0 atom stereocenters. The molecule has 5 nitrogen and oxygen atoms in total. The number of halogens is 1. The molecule has 2 aromatic carbocycles. The zero-order valence-corrected chi connectivity index (χ0v) is 15.0. The van der Waals surface area contributed by atoms with E-state index in [0.29, 0.717) is 0 Å². The second-order valence-corrected chi connectivity index (χ2v) is 6.86. The third-order valence-electron chi connectivity index (χ3n) is 3.68. The standard InChI is InChI=1S/C20H22FN3O2/c1-20(2,3)16-9-7-14(8-10-16)12-23-24-18(25)13-22-19(26)15-5-4-6-17(21)11-15/h4-12H,13H2,1-3H3,(H,22,26)(H,24,25)/b23-12-. The van der Waals surface area contributed by atoms with Crippen LogP contribution in [0.5, 0.6) is 0 Å². The Morgan fingerprint density at radius 1 is 1.12 bits per heavy atom. The number of rotatable bonds is 5. The zero-order chi connectivity index (χ0) is 19.2. The molecule has 2 N–H and O–H groups in total. The Morgan fingerprint density at radius 2 is 1.81 bits per heavy atom. The SMILES string of the molecule is CC(C)(C)c1ccc(/C=N\NC(=O)CNC(=O)c2cccc(F)c2)cc1. The van der Waals surface area contributed by atoms with Gasteiger partial charge in [-0.2, -0.15) is 5.10 Å². The Bertz CT molecular complexity index is 809. The lowest BCUT2D eigenvalue weighted by molar-refractivity contribution is -0.120. The van der Waals surface area contributed by atoms with Gasteiger partial charge in [0.1, 0.15) is 5.82 Å². The van der Waals surface area contributed by atoms with Gasteiger partial charge in [-0.15, -0.1) is 0 Å². The molecule has 0 unspecified atom stereocenters. The molecule has 2 aromatic rings. The minimum atomic E-state index is -0.526. The van der Waals surface area contributed by atoms with E-state index in [1.165, 1.54) is 30.0 Å². The van der Waals surface area contributed by atoms with Gasteiger partial charge < -0.3 is 5.32 Å². The molecule has 0 bridgehead atoms. The minimum absolute atomic E-state index is 0.0732. The quantitative estimate of drug-likeness (QED) is 0.639. The summed E-state index contributed by atoms with van der Waals surface area (Å²) >= 11 is 0. The highest BCUT2D eigenvalue weighted by Crippen LogP contribution is 2.21. The molecule has 136 valence electrons. The van der Waals surface area contributed by atoms with Crippen molar-refractivity contribution in [2.75, 3.05) is 6.54 Å². The summed E-state index contributed by atoms with van der Waals surface area (Å²) in [4.78, 5) is 23.5. The van der Waals surface area contributed by atoms with Crippen LogP contribution in [0.3, 0.4) is 0 Å². The Morgan fingerprint density at radius 3 is 2.42 bits per heavy atom. The molecule has 6 heteroatoms. The Labute approximate surface area is 152 Å². The average Bonchev–Trinajstić information content (AvgIpc) is 2.59. The number of hydrazone groups is 1. The largest absolute Gasteiger partial charge is 0.343 e. The van der Waals surface area contributed by atoms with E-state index in [1.807, 2.05) is 24.3 Å². The molecule has 0 spiro atoms. The molecule has 2 rings (SSSR count). The highest BCUT2D eigenvalue weighted by molar-refractivity contribution is 5.96. The number of benzene rings is 2. The number of amides is 2. The Kier molecular flexibility index (Phi) is 6.22. The van der Waals surface area contributed by atoms with Crippen molar-refractivity contribution in [2.45, 2.75) is 26.2 Å². The maximum Gasteiger partial charge on any atom is 0.259 e. The van der Waals surface area contributed by atoms with Crippen LogP contribution in [-0.2, 0) is 10.2 Å². The van der Waals surface area contributed by atoms with Gasteiger partial charge in [0, 0.05) is 5.56 Å². The Hall–Kier alpha value is -3.02. The molecule has 26 heavy (non-hydrogen) atoms. The van der Waals surface area contributed by atoms with Crippen LogP contribution in [-0.4, -0.2) is 24.6 Å². The van der Waals surface area contributed by atoms with E-state index in [0.717, 1.165) is 11.6 Å². The number of nitrogens with zero attached hydrogens (tertiary/aromatic N) is 1. The molecule has 0 saturated carbocycles. The average molecular weight is 355 g/mol. The van der Waals surface area contributed by atoms with Crippen molar-refractivity contribution in [2.24, 2.45) is 5.10 Å². The molecule has 0 heterocycles. The van der Waals surface area contributed by atoms with Gasteiger partial charge in [0.2, 0.25) is 0 Å².